The number of fused-ring (bicyclic) bond motifs is 1. The second-order valence-electron chi connectivity index (χ2n) is 7.87. The molecule has 0 spiro atoms. The number of rotatable bonds is 7. The van der Waals surface area contributed by atoms with Crippen molar-refractivity contribution in [3.63, 3.8) is 0 Å². The fourth-order valence-electron chi connectivity index (χ4n) is 3.88. The molecule has 2 aliphatic rings. The fraction of sp³-hybridized carbons (Fsp3) is 0.375. The maximum Gasteiger partial charge on any atom is 0.322 e. The molecule has 0 unspecified atom stereocenters. The van der Waals surface area contributed by atoms with Crippen molar-refractivity contribution in [2.24, 2.45) is 0 Å². The number of methoxy groups -OCH3 is 1. The van der Waals surface area contributed by atoms with Crippen LogP contribution in [0.5, 0.6) is 0 Å². The van der Waals surface area contributed by atoms with Crippen LogP contribution in [-0.2, 0) is 27.4 Å². The van der Waals surface area contributed by atoms with E-state index in [1.807, 2.05) is 36.5 Å². The van der Waals surface area contributed by atoms with Crippen molar-refractivity contribution in [1.82, 2.24) is 14.8 Å². The normalized spacial score (nSPS) is 15.3. The highest BCUT2D eigenvalue weighted by Crippen LogP contribution is 2.25. The van der Waals surface area contributed by atoms with E-state index in [4.69, 9.17) is 9.47 Å². The highest BCUT2D eigenvalue weighted by atomic mass is 16.5. The van der Waals surface area contributed by atoms with Crippen molar-refractivity contribution >= 4 is 23.2 Å². The standard InChI is InChI=1S/C24H28N4O4/c1-31-12-13-32-17-23(29)27-10-7-19(8-11-27)18-2-4-22(5-3-18)26-24(30)28-15-20-6-9-25-14-21(20)16-28/h2-7,9,14H,8,10-13,15-17H2,1H3,(H,26,30). The Bertz CT molecular complexity index is 965. The van der Waals surface area contributed by atoms with Crippen LogP contribution in [0.15, 0.2) is 48.8 Å². The predicted molar refractivity (Wildman–Crippen MR) is 121 cm³/mol. The molecule has 0 saturated heterocycles. The summed E-state index contributed by atoms with van der Waals surface area (Å²) in [7, 11) is 1.60. The largest absolute Gasteiger partial charge is 0.382 e. The van der Waals surface area contributed by atoms with Gasteiger partial charge in [0, 0.05) is 51.4 Å². The molecule has 1 aromatic carbocycles. The zero-order chi connectivity index (χ0) is 22.3. The van der Waals surface area contributed by atoms with Gasteiger partial charge in [0.25, 0.3) is 0 Å². The van der Waals surface area contributed by atoms with E-state index >= 15 is 0 Å². The van der Waals surface area contributed by atoms with E-state index in [-0.39, 0.29) is 18.5 Å². The summed E-state index contributed by atoms with van der Waals surface area (Å²) in [6.45, 7) is 3.40. The van der Waals surface area contributed by atoms with E-state index in [2.05, 4.69) is 16.4 Å². The molecular weight excluding hydrogens is 408 g/mol. The minimum absolute atomic E-state index is 0.00527. The molecule has 8 nitrogen and oxygen atoms in total. The number of nitrogens with zero attached hydrogens (tertiary/aromatic N) is 3. The number of pyridine rings is 1. The average molecular weight is 437 g/mol. The lowest BCUT2D eigenvalue weighted by atomic mass is 9.99. The molecule has 2 aliphatic heterocycles. The highest BCUT2D eigenvalue weighted by Gasteiger charge is 2.23. The van der Waals surface area contributed by atoms with Crippen LogP contribution in [0.3, 0.4) is 0 Å². The molecule has 168 valence electrons. The summed E-state index contributed by atoms with van der Waals surface area (Å²) < 4.78 is 10.2. The number of carbonyl (C=O) groups is 2. The molecule has 4 rings (SSSR count). The molecule has 32 heavy (non-hydrogen) atoms. The van der Waals surface area contributed by atoms with Crippen LogP contribution in [-0.4, -0.2) is 66.7 Å². The maximum absolute atomic E-state index is 12.6. The maximum atomic E-state index is 12.6. The van der Waals surface area contributed by atoms with Crippen molar-refractivity contribution < 1.29 is 19.1 Å². The molecule has 0 aliphatic carbocycles. The van der Waals surface area contributed by atoms with E-state index < -0.39 is 0 Å². The van der Waals surface area contributed by atoms with Gasteiger partial charge < -0.3 is 24.6 Å². The number of anilines is 1. The van der Waals surface area contributed by atoms with Gasteiger partial charge in [-0.2, -0.15) is 0 Å². The highest BCUT2D eigenvalue weighted by molar-refractivity contribution is 5.90. The van der Waals surface area contributed by atoms with Crippen LogP contribution in [0, 0.1) is 0 Å². The SMILES string of the molecule is COCCOCC(=O)N1CC=C(c2ccc(NC(=O)N3Cc4ccncc4C3)cc2)CC1. The third-order valence-corrected chi connectivity index (χ3v) is 5.74. The quantitative estimate of drug-likeness (QED) is 0.675. The van der Waals surface area contributed by atoms with Gasteiger partial charge in [0.2, 0.25) is 5.91 Å². The Kier molecular flexibility index (Phi) is 7.14. The number of hydrogen-bond donors (Lipinski definition) is 1. The number of aromatic nitrogens is 1. The summed E-state index contributed by atoms with van der Waals surface area (Å²) in [6, 6.07) is 9.69. The monoisotopic (exact) mass is 436 g/mol. The number of benzene rings is 1. The third-order valence-electron chi connectivity index (χ3n) is 5.74. The molecule has 0 radical (unpaired) electrons. The van der Waals surface area contributed by atoms with Crippen LogP contribution < -0.4 is 5.32 Å². The number of urea groups is 1. The molecule has 0 fully saturated rings. The lowest BCUT2D eigenvalue weighted by molar-refractivity contribution is -0.136. The Morgan fingerprint density at radius 1 is 1.06 bits per heavy atom. The molecule has 1 aromatic heterocycles. The van der Waals surface area contributed by atoms with Crippen LogP contribution in [0.25, 0.3) is 5.57 Å². The summed E-state index contributed by atoms with van der Waals surface area (Å²) in [5.41, 5.74) is 5.30. The summed E-state index contributed by atoms with van der Waals surface area (Å²) >= 11 is 0. The lowest BCUT2D eigenvalue weighted by Gasteiger charge is -2.26. The smallest absolute Gasteiger partial charge is 0.322 e. The van der Waals surface area contributed by atoms with Crippen molar-refractivity contribution in [1.29, 1.82) is 0 Å². The Hall–Kier alpha value is -3.23. The van der Waals surface area contributed by atoms with E-state index in [1.165, 1.54) is 5.57 Å². The Morgan fingerprint density at radius 2 is 1.88 bits per heavy atom. The van der Waals surface area contributed by atoms with Crippen molar-refractivity contribution in [2.45, 2.75) is 19.5 Å². The Balaban J connectivity index is 1.27. The number of amides is 3. The van der Waals surface area contributed by atoms with Gasteiger partial charge in [-0.3, -0.25) is 9.78 Å². The van der Waals surface area contributed by atoms with E-state index in [0.717, 1.165) is 28.8 Å². The number of hydrogen-bond acceptors (Lipinski definition) is 5. The van der Waals surface area contributed by atoms with Gasteiger partial charge in [-0.25, -0.2) is 4.79 Å². The molecule has 0 bridgehead atoms. The zero-order valence-corrected chi connectivity index (χ0v) is 18.3. The molecule has 3 amide bonds. The second kappa shape index (κ2) is 10.4. The van der Waals surface area contributed by atoms with Crippen molar-refractivity contribution in [2.75, 3.05) is 45.3 Å². The second-order valence-corrected chi connectivity index (χ2v) is 7.87. The van der Waals surface area contributed by atoms with Gasteiger partial charge >= 0.3 is 6.03 Å². The third kappa shape index (κ3) is 5.33. The number of ether oxygens (including phenoxy) is 2. The minimum Gasteiger partial charge on any atom is -0.382 e. The van der Waals surface area contributed by atoms with Crippen molar-refractivity contribution in [3.05, 3.63) is 65.5 Å². The summed E-state index contributed by atoms with van der Waals surface area (Å²) in [6.07, 6.45) is 6.44. The summed E-state index contributed by atoms with van der Waals surface area (Å²) in [5.74, 6) is -0.00527. The fourth-order valence-corrected chi connectivity index (χ4v) is 3.88. The minimum atomic E-state index is -0.118. The topological polar surface area (TPSA) is 84.0 Å². The van der Waals surface area contributed by atoms with E-state index in [1.54, 1.807) is 23.1 Å². The van der Waals surface area contributed by atoms with Crippen LogP contribution in [0.1, 0.15) is 23.1 Å². The Morgan fingerprint density at radius 3 is 2.59 bits per heavy atom. The van der Waals surface area contributed by atoms with Gasteiger partial charge in [-0.05, 0) is 46.9 Å². The van der Waals surface area contributed by atoms with Crippen LogP contribution in [0.4, 0.5) is 10.5 Å². The predicted octanol–water partition coefficient (Wildman–Crippen LogP) is 2.91. The molecule has 3 heterocycles. The van der Waals surface area contributed by atoms with Crippen molar-refractivity contribution in [3.8, 4) is 0 Å². The zero-order valence-electron chi connectivity index (χ0n) is 18.3. The first-order valence-electron chi connectivity index (χ1n) is 10.8. The van der Waals surface area contributed by atoms with Gasteiger partial charge in [0.05, 0.1) is 13.2 Å². The van der Waals surface area contributed by atoms with Gasteiger partial charge in [-0.15, -0.1) is 0 Å². The molecule has 2 aromatic rings. The summed E-state index contributed by atoms with van der Waals surface area (Å²) in [5, 5.41) is 2.97. The summed E-state index contributed by atoms with van der Waals surface area (Å²) in [4.78, 5) is 32.5. The first-order chi connectivity index (χ1) is 15.6. The van der Waals surface area contributed by atoms with Crippen LogP contribution in [0.2, 0.25) is 0 Å². The number of nitrogens with one attached hydrogen (secondary N) is 1. The van der Waals surface area contributed by atoms with E-state index in [9.17, 15) is 9.59 Å². The van der Waals surface area contributed by atoms with Gasteiger partial charge in [0.1, 0.15) is 6.61 Å². The molecule has 8 heteroatoms. The molecular formula is C24H28N4O4. The first kappa shape index (κ1) is 22.0. The molecule has 0 saturated carbocycles. The lowest BCUT2D eigenvalue weighted by Crippen LogP contribution is -2.37. The van der Waals surface area contributed by atoms with Crippen LogP contribution >= 0.6 is 0 Å². The Labute approximate surface area is 187 Å². The molecule has 0 atom stereocenters. The van der Waals surface area contributed by atoms with Gasteiger partial charge in [0.15, 0.2) is 0 Å². The molecule has 1 N–H and O–H groups in total. The average Bonchev–Trinajstić information content (AvgIpc) is 3.27. The first-order valence-corrected chi connectivity index (χ1v) is 10.8. The van der Waals surface area contributed by atoms with Gasteiger partial charge in [-0.1, -0.05) is 18.2 Å². The van der Waals surface area contributed by atoms with E-state index in [0.29, 0.717) is 39.4 Å². The number of carbonyl (C=O) groups excluding carboxylic acids is 2.